The van der Waals surface area contributed by atoms with Crippen LogP contribution in [0.15, 0.2) is 42.6 Å². The van der Waals surface area contributed by atoms with Gasteiger partial charge in [-0.2, -0.15) is 0 Å². The van der Waals surface area contributed by atoms with Crippen LogP contribution in [-0.2, 0) is 11.2 Å². The number of allylic oxidation sites excluding steroid dienone is 1. The Morgan fingerprint density at radius 2 is 1.88 bits per heavy atom. The summed E-state index contributed by atoms with van der Waals surface area (Å²) < 4.78 is 0. The van der Waals surface area contributed by atoms with Crippen molar-refractivity contribution in [2.75, 3.05) is 13.1 Å². The van der Waals surface area contributed by atoms with Gasteiger partial charge < -0.3 is 16.4 Å². The molecule has 0 spiro atoms. The lowest BCUT2D eigenvalue weighted by atomic mass is 10.0. The van der Waals surface area contributed by atoms with Crippen molar-refractivity contribution >= 4 is 5.78 Å². The van der Waals surface area contributed by atoms with Gasteiger partial charge in [-0.25, -0.2) is 0 Å². The van der Waals surface area contributed by atoms with E-state index < -0.39 is 0 Å². The number of carbonyl (C=O) groups is 1. The number of benzene rings is 1. The lowest BCUT2D eigenvalue weighted by molar-refractivity contribution is -0.368. The average Bonchev–Trinajstić information content (AvgIpc) is 2.58. The van der Waals surface area contributed by atoms with Crippen LogP contribution in [0.4, 0.5) is 0 Å². The number of carbonyl (C=O) groups excluding carboxylic acids is 1. The first-order valence-electron chi connectivity index (χ1n) is 9.46. The smallest absolute Gasteiger partial charge is 0.146 e. The van der Waals surface area contributed by atoms with Crippen molar-refractivity contribution in [2.45, 2.75) is 58.5 Å². The monoisotopic (exact) mass is 346 g/mol. The van der Waals surface area contributed by atoms with Gasteiger partial charge in [-0.1, -0.05) is 50.8 Å². The maximum absolute atomic E-state index is 11.9. The Morgan fingerprint density at radius 1 is 1.20 bits per heavy atom. The van der Waals surface area contributed by atoms with Crippen LogP contribution in [0.25, 0.3) is 0 Å². The molecule has 0 saturated heterocycles. The summed E-state index contributed by atoms with van der Waals surface area (Å²) in [5.74, 6) is 0.601. The fraction of sp³-hybridized carbons (Fsp3) is 0.571. The second-order valence-corrected chi connectivity index (χ2v) is 7.13. The van der Waals surface area contributed by atoms with E-state index in [2.05, 4.69) is 61.1 Å². The normalized spacial score (nSPS) is 13.5. The molecule has 0 radical (unpaired) electrons. The Morgan fingerprint density at radius 3 is 2.44 bits per heavy atom. The van der Waals surface area contributed by atoms with Crippen LogP contribution in [-0.4, -0.2) is 31.0 Å². The van der Waals surface area contributed by atoms with Gasteiger partial charge in [-0.3, -0.25) is 4.79 Å². The molecule has 25 heavy (non-hydrogen) atoms. The van der Waals surface area contributed by atoms with E-state index in [0.29, 0.717) is 5.92 Å². The summed E-state index contributed by atoms with van der Waals surface area (Å²) in [7, 11) is 0. The van der Waals surface area contributed by atoms with Gasteiger partial charge in [-0.05, 0) is 44.1 Å². The first-order chi connectivity index (χ1) is 11.9. The Balaban J connectivity index is 2.67. The van der Waals surface area contributed by atoms with Crippen molar-refractivity contribution in [3.05, 3.63) is 48.2 Å². The van der Waals surface area contributed by atoms with Crippen molar-refractivity contribution in [3.8, 4) is 0 Å². The van der Waals surface area contributed by atoms with Crippen molar-refractivity contribution in [1.82, 2.24) is 10.6 Å². The first kappa shape index (κ1) is 21.4. The van der Waals surface area contributed by atoms with Crippen molar-refractivity contribution in [2.24, 2.45) is 5.92 Å². The van der Waals surface area contributed by atoms with E-state index in [-0.39, 0.29) is 17.9 Å². The summed E-state index contributed by atoms with van der Waals surface area (Å²) in [5, 5.41) is 7.02. The first-order valence-corrected chi connectivity index (χ1v) is 9.46. The molecule has 0 bridgehead atoms. The van der Waals surface area contributed by atoms with Gasteiger partial charge in [0.1, 0.15) is 5.78 Å². The van der Waals surface area contributed by atoms with Crippen LogP contribution in [0.1, 0.15) is 45.6 Å². The van der Waals surface area contributed by atoms with E-state index in [0.717, 1.165) is 44.5 Å². The molecule has 0 saturated carbocycles. The zero-order valence-corrected chi connectivity index (χ0v) is 16.2. The van der Waals surface area contributed by atoms with Gasteiger partial charge in [0, 0.05) is 18.3 Å². The van der Waals surface area contributed by atoms with E-state index >= 15 is 0 Å². The number of unbranched alkanes of at least 4 members (excludes halogenated alkanes) is 1. The van der Waals surface area contributed by atoms with E-state index in [1.165, 1.54) is 5.56 Å². The van der Waals surface area contributed by atoms with Crippen molar-refractivity contribution < 1.29 is 10.5 Å². The van der Waals surface area contributed by atoms with Gasteiger partial charge in [0.05, 0.1) is 12.6 Å². The van der Waals surface area contributed by atoms with Gasteiger partial charge in [0.2, 0.25) is 0 Å². The average molecular weight is 347 g/mol. The zero-order valence-electron chi connectivity index (χ0n) is 16.2. The van der Waals surface area contributed by atoms with E-state index in [1.807, 2.05) is 6.07 Å². The van der Waals surface area contributed by atoms with E-state index in [9.17, 15) is 4.79 Å². The largest absolute Gasteiger partial charge is 0.384 e. The van der Waals surface area contributed by atoms with Crippen LogP contribution in [0.2, 0.25) is 0 Å². The summed E-state index contributed by atoms with van der Waals surface area (Å²) in [4.78, 5) is 11.9. The highest BCUT2D eigenvalue weighted by Gasteiger charge is 2.17. The molecule has 5 N–H and O–H groups in total. The van der Waals surface area contributed by atoms with Crippen LogP contribution < -0.4 is 16.4 Å². The van der Waals surface area contributed by atoms with Crippen molar-refractivity contribution in [1.29, 1.82) is 0 Å². The Bertz CT molecular complexity index is 513. The molecule has 140 valence electrons. The summed E-state index contributed by atoms with van der Waals surface area (Å²) in [6.07, 6.45) is 3.90. The molecule has 0 aliphatic rings. The molecule has 0 aliphatic heterocycles. The minimum absolute atomic E-state index is 0.0704. The van der Waals surface area contributed by atoms with Gasteiger partial charge in [0.25, 0.3) is 0 Å². The number of ketones is 1. The second kappa shape index (κ2) is 11.8. The topological polar surface area (TPSA) is 68.8 Å². The summed E-state index contributed by atoms with van der Waals surface area (Å²) in [5.41, 5.74) is 6.20. The minimum Gasteiger partial charge on any atom is -0.384 e. The highest BCUT2D eigenvalue weighted by atomic mass is 16.1. The molecule has 0 fully saturated rings. The molecule has 2 atom stereocenters. The standard InChI is InChI=1S/C21H35N3O/c1-16(2)17(3)24-20(14-19-10-6-5-7-11-19)15-23-21(18(4)25)12-8-9-13-22/h5-7,10-11,16,20-21,23-24H,3,8-9,12-15,22H2,1-2,4H3/p+1. The molecule has 0 amide bonds. The maximum Gasteiger partial charge on any atom is 0.146 e. The van der Waals surface area contributed by atoms with Crippen molar-refractivity contribution in [3.63, 3.8) is 0 Å². The SMILES string of the molecule is C=C(NC(CNC(CCCC[NH3+])C(C)=O)Cc1ccccc1)C(C)C. The van der Waals surface area contributed by atoms with E-state index in [4.69, 9.17) is 0 Å². The number of hydrogen-bond acceptors (Lipinski definition) is 3. The molecule has 2 unspecified atom stereocenters. The summed E-state index contributed by atoms with van der Waals surface area (Å²) in [6, 6.07) is 10.6. The van der Waals surface area contributed by atoms with Gasteiger partial charge >= 0.3 is 0 Å². The van der Waals surface area contributed by atoms with E-state index in [1.54, 1.807) is 6.92 Å². The molecule has 1 aromatic carbocycles. The molecule has 0 aliphatic carbocycles. The Labute approximate surface area is 153 Å². The third kappa shape index (κ3) is 8.84. The summed E-state index contributed by atoms with van der Waals surface area (Å²) in [6.45, 7) is 11.8. The van der Waals surface area contributed by atoms with Gasteiger partial charge in [0.15, 0.2) is 0 Å². The zero-order chi connectivity index (χ0) is 18.7. The summed E-state index contributed by atoms with van der Waals surface area (Å²) >= 11 is 0. The Kier molecular flexibility index (Phi) is 10.1. The fourth-order valence-corrected chi connectivity index (χ4v) is 2.76. The number of hydrogen-bond donors (Lipinski definition) is 3. The third-order valence-corrected chi connectivity index (χ3v) is 4.51. The number of rotatable bonds is 13. The Hall–Kier alpha value is -1.65. The van der Waals surface area contributed by atoms with Crippen LogP contribution >= 0.6 is 0 Å². The van der Waals surface area contributed by atoms with Crippen LogP contribution in [0.3, 0.4) is 0 Å². The number of nitrogens with one attached hydrogen (secondary N) is 2. The molecule has 4 nitrogen and oxygen atoms in total. The molecule has 4 heteroatoms. The minimum atomic E-state index is -0.0704. The predicted octanol–water partition coefficient (Wildman–Crippen LogP) is 2.32. The molecule has 0 aromatic heterocycles. The van der Waals surface area contributed by atoms with Gasteiger partial charge in [-0.15, -0.1) is 0 Å². The molecular formula is C21H36N3O+. The lowest BCUT2D eigenvalue weighted by Crippen LogP contribution is -2.50. The highest BCUT2D eigenvalue weighted by molar-refractivity contribution is 5.81. The predicted molar refractivity (Wildman–Crippen MR) is 105 cm³/mol. The second-order valence-electron chi connectivity index (χ2n) is 7.13. The maximum atomic E-state index is 11.9. The molecule has 0 heterocycles. The number of quaternary nitrogens is 1. The molecule has 1 aromatic rings. The quantitative estimate of drug-likeness (QED) is 0.480. The van der Waals surface area contributed by atoms with Crippen LogP contribution in [0.5, 0.6) is 0 Å². The highest BCUT2D eigenvalue weighted by Crippen LogP contribution is 2.09. The van der Waals surface area contributed by atoms with Crippen LogP contribution in [0, 0.1) is 5.92 Å². The number of Topliss-reactive ketones (excluding diaryl/α,β-unsaturated/α-hetero) is 1. The third-order valence-electron chi connectivity index (χ3n) is 4.51. The lowest BCUT2D eigenvalue weighted by Gasteiger charge is -2.26. The fourth-order valence-electron chi connectivity index (χ4n) is 2.76. The molecule has 1 rings (SSSR count). The molecular weight excluding hydrogens is 310 g/mol.